The van der Waals surface area contributed by atoms with Gasteiger partial charge in [-0.15, -0.1) is 0 Å². The lowest BCUT2D eigenvalue weighted by atomic mass is 10.2. The Balaban J connectivity index is 1.41. The van der Waals surface area contributed by atoms with Crippen molar-refractivity contribution >= 4 is 39.4 Å². The first kappa shape index (κ1) is 30.6. The van der Waals surface area contributed by atoms with Gasteiger partial charge in [-0.05, 0) is 66.2 Å². The minimum absolute atomic E-state index is 0.00368. The molecule has 4 rings (SSSR count). The van der Waals surface area contributed by atoms with E-state index in [4.69, 9.17) is 14.2 Å². The van der Waals surface area contributed by atoms with E-state index in [-0.39, 0.29) is 28.8 Å². The van der Waals surface area contributed by atoms with Gasteiger partial charge < -0.3 is 19.5 Å². The summed E-state index contributed by atoms with van der Waals surface area (Å²) in [6.07, 6.45) is 1.39. The number of anilines is 2. The lowest BCUT2D eigenvalue weighted by molar-refractivity contribution is -0.119. The van der Waals surface area contributed by atoms with Gasteiger partial charge in [-0.25, -0.2) is 13.8 Å². The van der Waals surface area contributed by atoms with Crippen LogP contribution < -0.4 is 29.3 Å². The molecule has 2 amide bonds. The Morgan fingerprint density at radius 3 is 2.12 bits per heavy atom. The van der Waals surface area contributed by atoms with Crippen LogP contribution in [0.4, 0.5) is 11.4 Å². The normalized spacial score (nSPS) is 11.0. The summed E-state index contributed by atoms with van der Waals surface area (Å²) in [5.41, 5.74) is 3.79. The molecule has 222 valence electrons. The Morgan fingerprint density at radius 1 is 0.814 bits per heavy atom. The number of sulfonamides is 1. The summed E-state index contributed by atoms with van der Waals surface area (Å²) >= 11 is 0. The van der Waals surface area contributed by atoms with Crippen molar-refractivity contribution in [1.82, 2.24) is 5.43 Å². The van der Waals surface area contributed by atoms with E-state index in [0.717, 1.165) is 4.31 Å². The largest absolute Gasteiger partial charge is 0.497 e. The molecule has 0 saturated carbocycles. The maximum atomic E-state index is 13.6. The topological polar surface area (TPSA) is 136 Å². The number of nitrogens with zero attached hydrogens (tertiary/aromatic N) is 2. The van der Waals surface area contributed by atoms with Crippen molar-refractivity contribution in [2.45, 2.75) is 4.90 Å². The van der Waals surface area contributed by atoms with E-state index >= 15 is 0 Å². The number of nitrogens with one attached hydrogen (secondary N) is 2. The predicted octanol–water partition coefficient (Wildman–Crippen LogP) is 4.07. The molecule has 4 aromatic rings. The third-order valence-corrected chi connectivity index (χ3v) is 7.76. The molecule has 0 aliphatic rings. The summed E-state index contributed by atoms with van der Waals surface area (Å²) < 4.78 is 44.4. The Bertz CT molecular complexity index is 1660. The quantitative estimate of drug-likeness (QED) is 0.174. The molecule has 11 nitrogen and oxygen atoms in total. The Hall–Kier alpha value is -5.36. The number of benzene rings is 4. The third-order valence-electron chi connectivity index (χ3n) is 5.98. The first-order valence-electron chi connectivity index (χ1n) is 13.0. The average molecular weight is 603 g/mol. The second-order valence-electron chi connectivity index (χ2n) is 8.93. The van der Waals surface area contributed by atoms with Crippen LogP contribution in [0.3, 0.4) is 0 Å². The van der Waals surface area contributed by atoms with Gasteiger partial charge >= 0.3 is 0 Å². The van der Waals surface area contributed by atoms with Gasteiger partial charge in [-0.1, -0.05) is 36.4 Å². The minimum atomic E-state index is -4.18. The molecule has 0 saturated heterocycles. The van der Waals surface area contributed by atoms with Gasteiger partial charge in [0.1, 0.15) is 23.8 Å². The summed E-state index contributed by atoms with van der Waals surface area (Å²) in [5, 5.41) is 6.70. The SMILES string of the molecule is COc1ccc(OC)c(N(CC(=O)N/N=C\c2ccc(OCC(=O)Nc3ccccc3)cc2)S(=O)(=O)c2ccccc2)c1. The van der Waals surface area contributed by atoms with E-state index in [1.54, 1.807) is 66.7 Å². The van der Waals surface area contributed by atoms with E-state index in [1.165, 1.54) is 38.6 Å². The van der Waals surface area contributed by atoms with Crippen LogP contribution in [0.1, 0.15) is 5.56 Å². The molecule has 4 aromatic carbocycles. The Labute approximate surface area is 249 Å². The second-order valence-corrected chi connectivity index (χ2v) is 10.8. The summed E-state index contributed by atoms with van der Waals surface area (Å²) in [5.74, 6) is 0.0982. The van der Waals surface area contributed by atoms with Crippen molar-refractivity contribution in [2.24, 2.45) is 5.10 Å². The summed E-state index contributed by atoms with van der Waals surface area (Å²) in [7, 11) is -1.33. The van der Waals surface area contributed by atoms with Crippen molar-refractivity contribution in [1.29, 1.82) is 0 Å². The van der Waals surface area contributed by atoms with Gasteiger partial charge in [0.15, 0.2) is 6.61 Å². The van der Waals surface area contributed by atoms with Gasteiger partial charge in [0.05, 0.1) is 31.0 Å². The van der Waals surface area contributed by atoms with Crippen LogP contribution in [0.15, 0.2) is 113 Å². The van der Waals surface area contributed by atoms with Crippen LogP contribution in [0.2, 0.25) is 0 Å². The molecule has 43 heavy (non-hydrogen) atoms. The molecule has 12 heteroatoms. The molecular formula is C31H30N4O7S. The molecule has 0 atom stereocenters. The van der Waals surface area contributed by atoms with Crippen LogP contribution in [0, 0.1) is 0 Å². The van der Waals surface area contributed by atoms with Crippen LogP contribution in [0.5, 0.6) is 17.2 Å². The molecule has 0 radical (unpaired) electrons. The molecule has 2 N–H and O–H groups in total. The Kier molecular flexibility index (Phi) is 10.3. The number of carbonyl (C=O) groups excluding carboxylic acids is 2. The highest BCUT2D eigenvalue weighted by molar-refractivity contribution is 7.92. The van der Waals surface area contributed by atoms with E-state index in [9.17, 15) is 18.0 Å². The molecule has 0 bridgehead atoms. The van der Waals surface area contributed by atoms with Crippen molar-refractivity contribution in [3.8, 4) is 17.2 Å². The zero-order valence-corrected chi connectivity index (χ0v) is 24.3. The molecule has 0 aromatic heterocycles. The molecule has 0 aliphatic carbocycles. The van der Waals surface area contributed by atoms with Crippen molar-refractivity contribution in [3.63, 3.8) is 0 Å². The predicted molar refractivity (Wildman–Crippen MR) is 163 cm³/mol. The average Bonchev–Trinajstić information content (AvgIpc) is 3.03. The summed E-state index contributed by atoms with van der Waals surface area (Å²) in [6.45, 7) is -0.755. The smallest absolute Gasteiger partial charge is 0.264 e. The van der Waals surface area contributed by atoms with Crippen molar-refractivity contribution in [3.05, 3.63) is 109 Å². The van der Waals surface area contributed by atoms with Gasteiger partial charge in [-0.3, -0.25) is 13.9 Å². The van der Waals surface area contributed by atoms with Crippen LogP contribution in [-0.4, -0.2) is 53.8 Å². The fourth-order valence-electron chi connectivity index (χ4n) is 3.87. The molecule has 0 spiro atoms. The highest BCUT2D eigenvalue weighted by Gasteiger charge is 2.29. The molecular weight excluding hydrogens is 572 g/mol. The van der Waals surface area contributed by atoms with Crippen LogP contribution in [0.25, 0.3) is 0 Å². The van der Waals surface area contributed by atoms with Crippen LogP contribution in [-0.2, 0) is 19.6 Å². The van der Waals surface area contributed by atoms with E-state index in [0.29, 0.717) is 22.7 Å². The van der Waals surface area contributed by atoms with Crippen molar-refractivity contribution < 1.29 is 32.2 Å². The van der Waals surface area contributed by atoms with E-state index in [1.807, 2.05) is 18.2 Å². The maximum absolute atomic E-state index is 13.6. The summed E-state index contributed by atoms with van der Waals surface area (Å²) in [4.78, 5) is 25.0. The van der Waals surface area contributed by atoms with Gasteiger partial charge in [-0.2, -0.15) is 5.10 Å². The number of hydrogen-bond donors (Lipinski definition) is 2. The molecule has 0 unspecified atom stereocenters. The standard InChI is InChI=1S/C31H30N4O7S/c1-40-26-17-18-29(41-2)28(19-26)35(43(38,39)27-11-7-4-8-12-27)21-30(36)34-32-20-23-13-15-25(16-14-23)42-22-31(37)33-24-9-5-3-6-10-24/h3-20H,21-22H2,1-2H3,(H,33,37)(H,34,36)/b32-20-. The second kappa shape index (κ2) is 14.5. The first-order chi connectivity index (χ1) is 20.8. The monoisotopic (exact) mass is 602 g/mol. The van der Waals surface area contributed by atoms with E-state index in [2.05, 4.69) is 15.8 Å². The van der Waals surface area contributed by atoms with Gasteiger partial charge in [0, 0.05) is 11.8 Å². The minimum Gasteiger partial charge on any atom is -0.497 e. The molecule has 0 fully saturated rings. The van der Waals surface area contributed by atoms with E-state index < -0.39 is 22.5 Å². The zero-order chi connectivity index (χ0) is 30.7. The molecule has 0 heterocycles. The first-order valence-corrected chi connectivity index (χ1v) is 14.4. The fourth-order valence-corrected chi connectivity index (χ4v) is 5.32. The fraction of sp³-hybridized carbons (Fsp3) is 0.129. The van der Waals surface area contributed by atoms with Gasteiger partial charge in [0.2, 0.25) is 0 Å². The number of rotatable bonds is 13. The van der Waals surface area contributed by atoms with Crippen molar-refractivity contribution in [2.75, 3.05) is 37.0 Å². The van der Waals surface area contributed by atoms with Gasteiger partial charge in [0.25, 0.3) is 21.8 Å². The maximum Gasteiger partial charge on any atom is 0.264 e. The highest BCUT2D eigenvalue weighted by atomic mass is 32.2. The summed E-state index contributed by atoms with van der Waals surface area (Å²) in [6, 6.07) is 28.1. The molecule has 0 aliphatic heterocycles. The zero-order valence-electron chi connectivity index (χ0n) is 23.5. The number of methoxy groups -OCH3 is 2. The third kappa shape index (κ3) is 8.33. The number of amides is 2. The number of para-hydroxylation sites is 1. The lowest BCUT2D eigenvalue weighted by Crippen LogP contribution is -2.39. The Morgan fingerprint density at radius 2 is 1.47 bits per heavy atom. The number of hydrogen-bond acceptors (Lipinski definition) is 8. The number of hydrazone groups is 1. The van der Waals surface area contributed by atoms with Crippen LogP contribution >= 0.6 is 0 Å². The lowest BCUT2D eigenvalue weighted by Gasteiger charge is -2.25. The number of ether oxygens (including phenoxy) is 3. The number of carbonyl (C=O) groups is 2. The highest BCUT2D eigenvalue weighted by Crippen LogP contribution is 2.35.